The fourth-order valence-corrected chi connectivity index (χ4v) is 5.34. The van der Waals surface area contributed by atoms with E-state index in [1.807, 2.05) is 13.8 Å². The van der Waals surface area contributed by atoms with Gasteiger partial charge in [0.15, 0.2) is 5.96 Å². The van der Waals surface area contributed by atoms with Crippen LogP contribution in [0.15, 0.2) is 4.99 Å². The van der Waals surface area contributed by atoms with Gasteiger partial charge in [-0.15, -0.1) is 11.6 Å². The molecule has 8 nitrogen and oxygen atoms in total. The summed E-state index contributed by atoms with van der Waals surface area (Å²) in [6.45, 7) is 5.25. The Morgan fingerprint density at radius 2 is 1.97 bits per heavy atom. The quantitative estimate of drug-likeness (QED) is 0.184. The number of nitrogens with one attached hydrogen (secondary N) is 4. The van der Waals surface area contributed by atoms with Crippen molar-refractivity contribution in [3.8, 4) is 6.07 Å². The van der Waals surface area contributed by atoms with Crippen molar-refractivity contribution in [1.82, 2.24) is 21.5 Å². The van der Waals surface area contributed by atoms with Gasteiger partial charge < -0.3 is 10.1 Å². The van der Waals surface area contributed by atoms with Crippen molar-refractivity contribution >= 4 is 23.5 Å². The molecule has 4 unspecified atom stereocenters. The van der Waals surface area contributed by atoms with Crippen molar-refractivity contribution in [2.24, 2.45) is 22.7 Å². The van der Waals surface area contributed by atoms with Gasteiger partial charge in [0, 0.05) is 36.4 Å². The lowest BCUT2D eigenvalue weighted by molar-refractivity contribution is -0.124. The molecule has 0 aromatic rings. The van der Waals surface area contributed by atoms with E-state index in [1.165, 1.54) is 0 Å². The number of hydrogen-bond donors (Lipinski definition) is 4. The first-order valence-corrected chi connectivity index (χ1v) is 13.2. The van der Waals surface area contributed by atoms with Crippen molar-refractivity contribution in [2.45, 2.75) is 102 Å². The summed E-state index contributed by atoms with van der Waals surface area (Å²) >= 11 is 6.27. The van der Waals surface area contributed by atoms with Crippen LogP contribution in [0, 0.1) is 29.1 Å². The molecule has 0 aromatic carbocycles. The predicted octanol–water partition coefficient (Wildman–Crippen LogP) is 3.18. The van der Waals surface area contributed by atoms with Gasteiger partial charge in [-0.3, -0.25) is 20.5 Å². The number of nitriles is 1. The fourth-order valence-electron chi connectivity index (χ4n) is 5.09. The molecule has 9 heteroatoms. The van der Waals surface area contributed by atoms with Crippen LogP contribution >= 0.6 is 11.6 Å². The average Bonchev–Trinajstić information content (AvgIpc) is 3.27. The minimum Gasteiger partial charge on any atom is -0.379 e. The average molecular weight is 481 g/mol. The van der Waals surface area contributed by atoms with Gasteiger partial charge in [-0.05, 0) is 77.6 Å². The number of carbonyl (C=O) groups is 1. The van der Waals surface area contributed by atoms with Gasteiger partial charge in [0.25, 0.3) is 0 Å². The predicted molar refractivity (Wildman–Crippen MR) is 130 cm³/mol. The zero-order valence-electron chi connectivity index (χ0n) is 20.1. The molecule has 1 heterocycles. The molecule has 0 spiro atoms. The van der Waals surface area contributed by atoms with Crippen LogP contribution < -0.4 is 21.5 Å². The van der Waals surface area contributed by atoms with Crippen LogP contribution in [0.2, 0.25) is 0 Å². The van der Waals surface area contributed by atoms with Crippen molar-refractivity contribution in [3.05, 3.63) is 0 Å². The summed E-state index contributed by atoms with van der Waals surface area (Å²) < 4.78 is 5.61. The standard InChI is InChI=1S/C24H41ClN6O2/c1-16(2)33-12-4-11-27-24(29-23(32)19-6-3-5-17(13-19)15-26)28-22-14-21(30-31-22)18-7-9-20(25)10-8-18/h16-22,30-31H,3-14H2,1-2H3,(H2,27,28,29,32). The second-order valence-corrected chi connectivity index (χ2v) is 10.6. The van der Waals surface area contributed by atoms with Gasteiger partial charge in [-0.25, -0.2) is 5.43 Å². The van der Waals surface area contributed by atoms with Gasteiger partial charge in [0.05, 0.1) is 18.3 Å². The highest BCUT2D eigenvalue weighted by Crippen LogP contribution is 2.32. The first-order valence-electron chi connectivity index (χ1n) is 12.7. The van der Waals surface area contributed by atoms with Crippen molar-refractivity contribution in [2.75, 3.05) is 13.2 Å². The summed E-state index contributed by atoms with van der Waals surface area (Å²) in [5.74, 6) is 0.927. The maximum absolute atomic E-state index is 12.9. The number of nitrogens with zero attached hydrogens (tertiary/aromatic N) is 2. The monoisotopic (exact) mass is 480 g/mol. The Morgan fingerprint density at radius 1 is 1.18 bits per heavy atom. The van der Waals surface area contributed by atoms with Crippen molar-refractivity contribution in [3.63, 3.8) is 0 Å². The molecular formula is C24H41ClN6O2. The lowest BCUT2D eigenvalue weighted by atomic mass is 9.82. The third-order valence-corrected chi connectivity index (χ3v) is 7.44. The Hall–Kier alpha value is -1.40. The number of hydrazine groups is 1. The number of halogens is 1. The number of hydrogen-bond acceptors (Lipinski definition) is 6. The van der Waals surface area contributed by atoms with Crippen LogP contribution in [0.1, 0.15) is 78.1 Å². The van der Waals surface area contributed by atoms with Gasteiger partial charge in [-0.1, -0.05) is 6.42 Å². The molecule has 1 aliphatic heterocycles. The number of rotatable bonds is 8. The van der Waals surface area contributed by atoms with Crippen LogP contribution in [0.5, 0.6) is 0 Å². The lowest BCUT2D eigenvalue weighted by Gasteiger charge is -2.29. The smallest absolute Gasteiger partial charge is 0.229 e. The third kappa shape index (κ3) is 8.71. The summed E-state index contributed by atoms with van der Waals surface area (Å²) in [4.78, 5) is 17.6. The van der Waals surface area contributed by atoms with Crippen LogP contribution in [0.3, 0.4) is 0 Å². The Labute approximate surface area is 203 Å². The van der Waals surface area contributed by atoms with E-state index in [4.69, 9.17) is 16.3 Å². The summed E-state index contributed by atoms with van der Waals surface area (Å²) in [6.07, 6.45) is 9.62. The molecule has 1 saturated heterocycles. The molecule has 2 aliphatic carbocycles. The van der Waals surface area contributed by atoms with Crippen LogP contribution in [0.4, 0.5) is 0 Å². The maximum atomic E-state index is 12.9. The van der Waals surface area contributed by atoms with Crippen LogP contribution in [0.25, 0.3) is 0 Å². The minimum absolute atomic E-state index is 0.00657. The number of aliphatic imine (C=N–C) groups is 1. The summed E-state index contributed by atoms with van der Waals surface area (Å²) in [6, 6.07) is 2.72. The molecule has 0 bridgehead atoms. The molecule has 4 atom stereocenters. The molecule has 3 fully saturated rings. The van der Waals surface area contributed by atoms with Crippen molar-refractivity contribution in [1.29, 1.82) is 5.26 Å². The van der Waals surface area contributed by atoms with Crippen LogP contribution in [-0.2, 0) is 9.53 Å². The van der Waals surface area contributed by atoms with E-state index >= 15 is 0 Å². The van der Waals surface area contributed by atoms with Gasteiger partial charge in [0.1, 0.15) is 0 Å². The van der Waals surface area contributed by atoms with Gasteiger partial charge >= 0.3 is 0 Å². The molecular weight excluding hydrogens is 440 g/mol. The first kappa shape index (κ1) is 26.2. The SMILES string of the molecule is CC(C)OCCCN=C(NC(=O)C1CCCC(C#N)C1)NC1CC(C2CCC(Cl)CC2)NN1. The normalized spacial score (nSPS) is 33.0. The maximum Gasteiger partial charge on any atom is 0.229 e. The van der Waals surface area contributed by atoms with E-state index in [2.05, 4.69) is 32.5 Å². The highest BCUT2D eigenvalue weighted by Gasteiger charge is 2.34. The number of alkyl halides is 1. The Morgan fingerprint density at radius 3 is 2.70 bits per heavy atom. The molecule has 2 saturated carbocycles. The lowest BCUT2D eigenvalue weighted by Crippen LogP contribution is -2.52. The Bertz CT molecular complexity index is 689. The Balaban J connectivity index is 1.53. The highest BCUT2D eigenvalue weighted by molar-refractivity contribution is 6.20. The summed E-state index contributed by atoms with van der Waals surface area (Å²) in [5.41, 5.74) is 6.77. The van der Waals surface area contributed by atoms with Crippen LogP contribution in [-0.4, -0.2) is 48.7 Å². The summed E-state index contributed by atoms with van der Waals surface area (Å²) in [7, 11) is 0. The molecule has 186 valence electrons. The van der Waals surface area contributed by atoms with Gasteiger partial charge in [-0.2, -0.15) is 5.26 Å². The zero-order valence-corrected chi connectivity index (χ0v) is 20.9. The van der Waals surface area contributed by atoms with E-state index in [1.54, 1.807) is 0 Å². The number of amides is 1. The second kappa shape index (κ2) is 13.5. The van der Waals surface area contributed by atoms with E-state index in [-0.39, 0.29) is 30.0 Å². The molecule has 1 amide bonds. The topological polar surface area (TPSA) is 111 Å². The second-order valence-electron chi connectivity index (χ2n) is 10.0. The number of ether oxygens (including phenoxy) is 1. The fraction of sp³-hybridized carbons (Fsp3) is 0.875. The molecule has 33 heavy (non-hydrogen) atoms. The first-order chi connectivity index (χ1) is 15.9. The number of guanidine groups is 1. The molecule has 3 rings (SSSR count). The van der Waals surface area contributed by atoms with Crippen molar-refractivity contribution < 1.29 is 9.53 Å². The van der Waals surface area contributed by atoms with E-state index in [9.17, 15) is 10.1 Å². The Kier molecular flexibility index (Phi) is 10.7. The molecule has 4 N–H and O–H groups in total. The largest absolute Gasteiger partial charge is 0.379 e. The molecule has 0 radical (unpaired) electrons. The zero-order chi connectivity index (χ0) is 23.6. The number of carbonyl (C=O) groups excluding carboxylic acids is 1. The minimum atomic E-state index is -0.132. The van der Waals surface area contributed by atoms with E-state index < -0.39 is 0 Å². The van der Waals surface area contributed by atoms with E-state index in [0.717, 1.165) is 57.8 Å². The van der Waals surface area contributed by atoms with Gasteiger partial charge in [0.2, 0.25) is 5.91 Å². The molecule has 3 aliphatic rings. The molecule has 0 aromatic heterocycles. The highest BCUT2D eigenvalue weighted by atomic mass is 35.5. The third-order valence-electron chi connectivity index (χ3n) is 7.01. The van der Waals surface area contributed by atoms with E-state index in [0.29, 0.717) is 42.9 Å². The summed E-state index contributed by atoms with van der Waals surface area (Å²) in [5, 5.41) is 16.0.